The number of rotatable bonds is 4. The van der Waals surface area contributed by atoms with E-state index in [9.17, 15) is 9.59 Å². The van der Waals surface area contributed by atoms with Crippen molar-refractivity contribution in [2.75, 3.05) is 39.3 Å². The van der Waals surface area contributed by atoms with Crippen LogP contribution in [-0.4, -0.2) is 67.0 Å². The van der Waals surface area contributed by atoms with E-state index in [0.717, 1.165) is 38.0 Å². The van der Waals surface area contributed by atoms with E-state index in [4.69, 9.17) is 16.3 Å². The molecular formula is C19H26ClN3O3. The van der Waals surface area contributed by atoms with Crippen LogP contribution in [0.2, 0.25) is 5.02 Å². The van der Waals surface area contributed by atoms with Gasteiger partial charge in [-0.3, -0.25) is 14.5 Å². The number of benzene rings is 1. The third-order valence-electron chi connectivity index (χ3n) is 5.06. The smallest absolute Gasteiger partial charge is 0.234 e. The number of likely N-dealkylation sites (tertiary alicyclic amines) is 1. The summed E-state index contributed by atoms with van der Waals surface area (Å²) in [5, 5.41) is 3.82. The van der Waals surface area contributed by atoms with Crippen molar-refractivity contribution in [2.45, 2.75) is 31.9 Å². The minimum atomic E-state index is -0.0346. The van der Waals surface area contributed by atoms with E-state index in [1.165, 1.54) is 0 Å². The Hall–Kier alpha value is -1.63. The molecule has 0 aliphatic carbocycles. The van der Waals surface area contributed by atoms with Crippen LogP contribution in [-0.2, 0) is 14.3 Å². The Labute approximate surface area is 159 Å². The summed E-state index contributed by atoms with van der Waals surface area (Å²) in [4.78, 5) is 27.7. The first kappa shape index (κ1) is 19.1. The van der Waals surface area contributed by atoms with E-state index in [2.05, 4.69) is 10.2 Å². The van der Waals surface area contributed by atoms with Gasteiger partial charge in [0.15, 0.2) is 0 Å². The Morgan fingerprint density at radius 1 is 1.19 bits per heavy atom. The second kappa shape index (κ2) is 8.84. The minimum absolute atomic E-state index is 0.0346. The van der Waals surface area contributed by atoms with E-state index in [0.29, 0.717) is 24.7 Å². The van der Waals surface area contributed by atoms with Crippen LogP contribution in [0, 0.1) is 0 Å². The molecule has 7 heteroatoms. The van der Waals surface area contributed by atoms with Gasteiger partial charge in [-0.15, -0.1) is 0 Å². The lowest BCUT2D eigenvalue weighted by Crippen LogP contribution is -2.49. The average molecular weight is 380 g/mol. The molecule has 2 amide bonds. The molecule has 1 unspecified atom stereocenters. The molecule has 3 rings (SSSR count). The van der Waals surface area contributed by atoms with Crippen LogP contribution in [0.1, 0.15) is 31.4 Å². The van der Waals surface area contributed by atoms with E-state index in [-0.39, 0.29) is 24.0 Å². The molecule has 1 N–H and O–H groups in total. The molecule has 1 aromatic rings. The standard InChI is InChI=1S/C19H26ClN3O3/c1-14(24)23-8-6-17(7-9-23)21-19(25)13-22-10-11-26-18(12-22)15-2-4-16(20)5-3-15/h2-5,17-18H,6-13H2,1H3,(H,21,25). The number of piperidine rings is 1. The summed E-state index contributed by atoms with van der Waals surface area (Å²) in [7, 11) is 0. The lowest BCUT2D eigenvalue weighted by atomic mass is 10.0. The topological polar surface area (TPSA) is 61.9 Å². The fourth-order valence-corrected chi connectivity index (χ4v) is 3.67. The van der Waals surface area contributed by atoms with Crippen LogP contribution < -0.4 is 5.32 Å². The maximum Gasteiger partial charge on any atom is 0.234 e. The number of hydrogen-bond acceptors (Lipinski definition) is 4. The second-order valence-corrected chi connectivity index (χ2v) is 7.43. The van der Waals surface area contributed by atoms with Gasteiger partial charge in [0, 0.05) is 44.2 Å². The van der Waals surface area contributed by atoms with Gasteiger partial charge < -0.3 is 15.0 Å². The van der Waals surface area contributed by atoms with E-state index in [1.54, 1.807) is 6.92 Å². The fourth-order valence-electron chi connectivity index (χ4n) is 3.54. The first-order valence-corrected chi connectivity index (χ1v) is 9.53. The number of nitrogens with zero attached hydrogens (tertiary/aromatic N) is 2. The molecule has 2 fully saturated rings. The highest BCUT2D eigenvalue weighted by Crippen LogP contribution is 2.23. The lowest BCUT2D eigenvalue weighted by Gasteiger charge is -2.34. The molecule has 2 aliphatic heterocycles. The van der Waals surface area contributed by atoms with Gasteiger partial charge in [-0.25, -0.2) is 0 Å². The Morgan fingerprint density at radius 2 is 1.88 bits per heavy atom. The van der Waals surface area contributed by atoms with Gasteiger partial charge in [0.25, 0.3) is 0 Å². The van der Waals surface area contributed by atoms with Gasteiger partial charge in [-0.05, 0) is 30.5 Å². The molecule has 0 bridgehead atoms. The van der Waals surface area contributed by atoms with Crippen molar-refractivity contribution in [1.29, 1.82) is 0 Å². The number of hydrogen-bond donors (Lipinski definition) is 1. The molecule has 2 saturated heterocycles. The first-order valence-electron chi connectivity index (χ1n) is 9.15. The van der Waals surface area contributed by atoms with Gasteiger partial charge in [0.2, 0.25) is 11.8 Å². The number of amides is 2. The summed E-state index contributed by atoms with van der Waals surface area (Å²) < 4.78 is 5.85. The van der Waals surface area contributed by atoms with Gasteiger partial charge in [0.1, 0.15) is 0 Å². The molecular weight excluding hydrogens is 354 g/mol. The average Bonchev–Trinajstić information content (AvgIpc) is 2.63. The van der Waals surface area contributed by atoms with Crippen LogP contribution >= 0.6 is 11.6 Å². The molecule has 2 aliphatic rings. The van der Waals surface area contributed by atoms with Gasteiger partial charge >= 0.3 is 0 Å². The maximum absolute atomic E-state index is 12.4. The number of halogens is 1. The van der Waals surface area contributed by atoms with Crippen LogP contribution in [0.4, 0.5) is 0 Å². The SMILES string of the molecule is CC(=O)N1CCC(NC(=O)CN2CCOC(c3ccc(Cl)cc3)C2)CC1. The third-order valence-corrected chi connectivity index (χ3v) is 5.32. The number of nitrogens with one attached hydrogen (secondary N) is 1. The van der Waals surface area contributed by atoms with Crippen LogP contribution in [0.3, 0.4) is 0 Å². The minimum Gasteiger partial charge on any atom is -0.371 e. The summed E-state index contributed by atoms with van der Waals surface area (Å²) in [5.41, 5.74) is 1.08. The van der Waals surface area contributed by atoms with E-state index >= 15 is 0 Å². The number of ether oxygens (including phenoxy) is 1. The predicted octanol–water partition coefficient (Wildman–Crippen LogP) is 1.84. The zero-order chi connectivity index (χ0) is 18.5. The van der Waals surface area contributed by atoms with Crippen molar-refractivity contribution in [3.05, 3.63) is 34.9 Å². The van der Waals surface area contributed by atoms with Gasteiger partial charge in [-0.1, -0.05) is 23.7 Å². The molecule has 0 spiro atoms. The molecule has 1 atom stereocenters. The molecule has 6 nitrogen and oxygen atoms in total. The summed E-state index contributed by atoms with van der Waals surface area (Å²) in [6, 6.07) is 7.82. The van der Waals surface area contributed by atoms with Crippen molar-refractivity contribution >= 4 is 23.4 Å². The normalized spacial score (nSPS) is 22.2. The molecule has 0 saturated carbocycles. The Morgan fingerprint density at radius 3 is 2.54 bits per heavy atom. The number of carbonyl (C=O) groups is 2. The molecule has 2 heterocycles. The zero-order valence-electron chi connectivity index (χ0n) is 15.1. The molecule has 0 radical (unpaired) electrons. The molecule has 1 aromatic carbocycles. The maximum atomic E-state index is 12.4. The summed E-state index contributed by atoms with van der Waals surface area (Å²) in [6.45, 7) is 5.46. The molecule has 0 aromatic heterocycles. The van der Waals surface area contributed by atoms with Crippen LogP contribution in [0.15, 0.2) is 24.3 Å². The van der Waals surface area contributed by atoms with Crippen LogP contribution in [0.5, 0.6) is 0 Å². The monoisotopic (exact) mass is 379 g/mol. The summed E-state index contributed by atoms with van der Waals surface area (Å²) in [6.07, 6.45) is 1.61. The predicted molar refractivity (Wildman–Crippen MR) is 100 cm³/mol. The highest BCUT2D eigenvalue weighted by molar-refractivity contribution is 6.30. The molecule has 142 valence electrons. The lowest BCUT2D eigenvalue weighted by molar-refractivity contribution is -0.130. The fraction of sp³-hybridized carbons (Fsp3) is 0.579. The summed E-state index contributed by atoms with van der Waals surface area (Å²) >= 11 is 5.94. The Bertz CT molecular complexity index is 629. The van der Waals surface area contributed by atoms with E-state index in [1.807, 2.05) is 29.2 Å². The van der Waals surface area contributed by atoms with Crippen molar-refractivity contribution in [3.8, 4) is 0 Å². The number of morpholine rings is 1. The highest BCUT2D eigenvalue weighted by atomic mass is 35.5. The van der Waals surface area contributed by atoms with Crippen molar-refractivity contribution in [2.24, 2.45) is 0 Å². The highest BCUT2D eigenvalue weighted by Gasteiger charge is 2.26. The quantitative estimate of drug-likeness (QED) is 0.867. The summed E-state index contributed by atoms with van der Waals surface area (Å²) in [5.74, 6) is 0.152. The third kappa shape index (κ3) is 5.19. The van der Waals surface area contributed by atoms with Crippen molar-refractivity contribution in [1.82, 2.24) is 15.1 Å². The van der Waals surface area contributed by atoms with E-state index < -0.39 is 0 Å². The largest absolute Gasteiger partial charge is 0.371 e. The second-order valence-electron chi connectivity index (χ2n) is 6.99. The molecule has 26 heavy (non-hydrogen) atoms. The number of carbonyl (C=O) groups excluding carboxylic acids is 2. The van der Waals surface area contributed by atoms with Gasteiger partial charge in [0.05, 0.1) is 19.3 Å². The zero-order valence-corrected chi connectivity index (χ0v) is 15.9. The van der Waals surface area contributed by atoms with Crippen LogP contribution in [0.25, 0.3) is 0 Å². The van der Waals surface area contributed by atoms with Gasteiger partial charge in [-0.2, -0.15) is 0 Å². The van der Waals surface area contributed by atoms with Crippen molar-refractivity contribution in [3.63, 3.8) is 0 Å². The first-order chi connectivity index (χ1) is 12.5. The Kier molecular flexibility index (Phi) is 6.51. The van der Waals surface area contributed by atoms with Crippen molar-refractivity contribution < 1.29 is 14.3 Å². The Balaban J connectivity index is 1.45.